The Kier molecular flexibility index (Phi) is 3.39. The molecule has 0 unspecified atom stereocenters. The average molecular weight is 247 g/mol. The zero-order chi connectivity index (χ0) is 12.3. The Labute approximate surface area is 103 Å². The van der Waals surface area contributed by atoms with Crippen LogP contribution in [0.2, 0.25) is 0 Å². The van der Waals surface area contributed by atoms with Gasteiger partial charge < -0.3 is 11.1 Å². The molecule has 1 amide bonds. The number of carbonyl (C=O) groups excluding carboxylic acids is 1. The molecule has 0 aliphatic heterocycles. The lowest BCUT2D eigenvalue weighted by molar-refractivity contribution is 0.0951. The molecular formula is C12H13N3OS. The van der Waals surface area contributed by atoms with Crippen LogP contribution in [0.15, 0.2) is 29.6 Å². The van der Waals surface area contributed by atoms with E-state index in [1.54, 1.807) is 23.5 Å². The van der Waals surface area contributed by atoms with E-state index in [4.69, 9.17) is 5.73 Å². The van der Waals surface area contributed by atoms with Gasteiger partial charge in [0.2, 0.25) is 0 Å². The molecule has 4 nitrogen and oxygen atoms in total. The molecule has 0 spiro atoms. The van der Waals surface area contributed by atoms with Gasteiger partial charge in [-0.25, -0.2) is 4.98 Å². The number of nitrogens with two attached hydrogens (primary N) is 1. The molecule has 2 rings (SSSR count). The largest absolute Gasteiger partial charge is 0.384 e. The first-order valence-corrected chi connectivity index (χ1v) is 6.08. The van der Waals surface area contributed by atoms with Crippen molar-refractivity contribution in [1.29, 1.82) is 0 Å². The number of aromatic nitrogens is 1. The number of rotatable bonds is 3. The van der Waals surface area contributed by atoms with Crippen molar-refractivity contribution in [3.8, 4) is 0 Å². The van der Waals surface area contributed by atoms with Gasteiger partial charge in [-0.05, 0) is 30.5 Å². The maximum atomic E-state index is 11.9. The summed E-state index contributed by atoms with van der Waals surface area (Å²) in [6.45, 7) is 2.35. The van der Waals surface area contributed by atoms with Crippen LogP contribution in [0, 0.1) is 6.92 Å². The molecule has 0 fully saturated rings. The maximum Gasteiger partial charge on any atom is 0.251 e. The summed E-state index contributed by atoms with van der Waals surface area (Å²) in [6.07, 6.45) is 0. The highest BCUT2D eigenvalue weighted by Gasteiger charge is 2.07. The van der Waals surface area contributed by atoms with Gasteiger partial charge in [0.15, 0.2) is 0 Å². The quantitative estimate of drug-likeness (QED) is 0.871. The number of pyridine rings is 1. The van der Waals surface area contributed by atoms with Crippen LogP contribution >= 0.6 is 11.3 Å². The van der Waals surface area contributed by atoms with E-state index in [2.05, 4.69) is 10.3 Å². The van der Waals surface area contributed by atoms with E-state index < -0.39 is 0 Å². The Morgan fingerprint density at radius 3 is 3.00 bits per heavy atom. The number of hydrogen-bond donors (Lipinski definition) is 2. The second-order valence-electron chi connectivity index (χ2n) is 3.68. The van der Waals surface area contributed by atoms with Gasteiger partial charge in [-0.3, -0.25) is 4.79 Å². The van der Waals surface area contributed by atoms with Crippen LogP contribution in [-0.2, 0) is 6.54 Å². The summed E-state index contributed by atoms with van der Waals surface area (Å²) in [5, 5.41) is 4.83. The highest BCUT2D eigenvalue weighted by molar-refractivity contribution is 7.09. The van der Waals surface area contributed by atoms with Crippen molar-refractivity contribution in [3.63, 3.8) is 0 Å². The summed E-state index contributed by atoms with van der Waals surface area (Å²) in [7, 11) is 0. The predicted octanol–water partition coefficient (Wildman–Crippen LogP) is 1.96. The standard InChI is InChI=1S/C12H13N3OS/c1-8-5-9(6-11(13)15-8)12(16)14-7-10-3-2-4-17-10/h2-6H,7H2,1H3,(H2,13,15)(H,14,16). The van der Waals surface area contributed by atoms with E-state index in [0.29, 0.717) is 17.9 Å². The molecular weight excluding hydrogens is 234 g/mol. The van der Waals surface area contributed by atoms with E-state index in [9.17, 15) is 4.79 Å². The van der Waals surface area contributed by atoms with Crippen LogP contribution in [0.1, 0.15) is 20.9 Å². The molecule has 88 valence electrons. The molecule has 3 N–H and O–H groups in total. The molecule has 0 aromatic carbocycles. The Bertz CT molecular complexity index is 502. The van der Waals surface area contributed by atoms with Crippen LogP contribution < -0.4 is 11.1 Å². The fourth-order valence-corrected chi connectivity index (χ4v) is 2.15. The third-order valence-corrected chi connectivity index (χ3v) is 3.12. The van der Waals surface area contributed by atoms with Crippen molar-refractivity contribution in [2.24, 2.45) is 0 Å². The van der Waals surface area contributed by atoms with E-state index in [1.807, 2.05) is 24.4 Å². The van der Waals surface area contributed by atoms with Crippen molar-refractivity contribution < 1.29 is 4.79 Å². The molecule has 0 aliphatic rings. The maximum absolute atomic E-state index is 11.9. The molecule has 0 radical (unpaired) electrons. The van der Waals surface area contributed by atoms with Gasteiger partial charge in [-0.1, -0.05) is 6.07 Å². The molecule has 0 atom stereocenters. The van der Waals surface area contributed by atoms with Crippen molar-refractivity contribution >= 4 is 23.1 Å². The van der Waals surface area contributed by atoms with Crippen molar-refractivity contribution in [1.82, 2.24) is 10.3 Å². The number of hydrogen-bond acceptors (Lipinski definition) is 4. The highest BCUT2D eigenvalue weighted by atomic mass is 32.1. The zero-order valence-electron chi connectivity index (χ0n) is 9.43. The number of carbonyl (C=O) groups is 1. The second-order valence-corrected chi connectivity index (χ2v) is 4.72. The second kappa shape index (κ2) is 4.97. The van der Waals surface area contributed by atoms with Gasteiger partial charge in [0, 0.05) is 16.1 Å². The molecule has 2 aromatic rings. The summed E-state index contributed by atoms with van der Waals surface area (Å²) < 4.78 is 0. The Balaban J connectivity index is 2.04. The Hall–Kier alpha value is -1.88. The van der Waals surface area contributed by atoms with Crippen molar-refractivity contribution in [2.75, 3.05) is 5.73 Å². The molecule has 0 saturated heterocycles. The van der Waals surface area contributed by atoms with E-state index in [0.717, 1.165) is 10.6 Å². The summed E-state index contributed by atoms with van der Waals surface area (Å²) in [5.74, 6) is 0.238. The first-order valence-electron chi connectivity index (χ1n) is 5.20. The van der Waals surface area contributed by atoms with Gasteiger partial charge in [-0.2, -0.15) is 0 Å². The predicted molar refractivity (Wildman–Crippen MR) is 68.9 cm³/mol. The lowest BCUT2D eigenvalue weighted by Gasteiger charge is -2.05. The number of anilines is 1. The smallest absolute Gasteiger partial charge is 0.251 e. The first-order chi connectivity index (χ1) is 8.15. The third kappa shape index (κ3) is 3.04. The van der Waals surface area contributed by atoms with Crippen LogP contribution in [0.5, 0.6) is 0 Å². The monoisotopic (exact) mass is 247 g/mol. The SMILES string of the molecule is Cc1cc(C(=O)NCc2cccs2)cc(N)n1. The van der Waals surface area contributed by atoms with Gasteiger partial charge in [0.05, 0.1) is 6.54 Å². The summed E-state index contributed by atoms with van der Waals surface area (Å²) in [4.78, 5) is 17.0. The van der Waals surface area contributed by atoms with E-state index in [-0.39, 0.29) is 5.91 Å². The Morgan fingerprint density at radius 2 is 2.35 bits per heavy atom. The van der Waals surface area contributed by atoms with Crippen molar-refractivity contribution in [2.45, 2.75) is 13.5 Å². The number of nitrogens with zero attached hydrogens (tertiary/aromatic N) is 1. The third-order valence-electron chi connectivity index (χ3n) is 2.24. The number of amides is 1. The lowest BCUT2D eigenvalue weighted by atomic mass is 10.2. The average Bonchev–Trinajstić information content (AvgIpc) is 2.77. The van der Waals surface area contributed by atoms with Gasteiger partial charge in [0.1, 0.15) is 5.82 Å². The van der Waals surface area contributed by atoms with Crippen molar-refractivity contribution in [3.05, 3.63) is 45.8 Å². The molecule has 17 heavy (non-hydrogen) atoms. The minimum absolute atomic E-state index is 0.129. The van der Waals surface area contributed by atoms with Gasteiger partial charge in [0.25, 0.3) is 5.91 Å². The van der Waals surface area contributed by atoms with Crippen LogP contribution in [-0.4, -0.2) is 10.9 Å². The minimum Gasteiger partial charge on any atom is -0.384 e. The molecule has 5 heteroatoms. The summed E-state index contributed by atoms with van der Waals surface area (Å²) in [6, 6.07) is 7.24. The first kappa shape index (κ1) is 11.6. The van der Waals surface area contributed by atoms with Crippen LogP contribution in [0.25, 0.3) is 0 Å². The summed E-state index contributed by atoms with van der Waals surface area (Å²) >= 11 is 1.61. The topological polar surface area (TPSA) is 68.0 Å². The fourth-order valence-electron chi connectivity index (χ4n) is 1.51. The van der Waals surface area contributed by atoms with Crippen LogP contribution in [0.3, 0.4) is 0 Å². The summed E-state index contributed by atoms with van der Waals surface area (Å²) in [5.41, 5.74) is 6.89. The lowest BCUT2D eigenvalue weighted by Crippen LogP contribution is -2.22. The molecule has 2 aromatic heterocycles. The van der Waals surface area contributed by atoms with Crippen LogP contribution in [0.4, 0.5) is 5.82 Å². The van der Waals surface area contributed by atoms with Gasteiger partial charge in [-0.15, -0.1) is 11.3 Å². The number of aryl methyl sites for hydroxylation is 1. The Morgan fingerprint density at radius 1 is 1.53 bits per heavy atom. The number of nitrogens with one attached hydrogen (secondary N) is 1. The molecule has 0 bridgehead atoms. The highest BCUT2D eigenvalue weighted by Crippen LogP contribution is 2.10. The number of thiophene rings is 1. The molecule has 0 saturated carbocycles. The minimum atomic E-state index is -0.129. The van der Waals surface area contributed by atoms with Gasteiger partial charge >= 0.3 is 0 Å². The molecule has 2 heterocycles. The zero-order valence-corrected chi connectivity index (χ0v) is 10.3. The molecule has 0 aliphatic carbocycles. The van der Waals surface area contributed by atoms with E-state index in [1.165, 1.54) is 0 Å². The van der Waals surface area contributed by atoms with E-state index >= 15 is 0 Å². The number of nitrogen functional groups attached to an aromatic ring is 1. The fraction of sp³-hybridized carbons (Fsp3) is 0.167. The normalized spacial score (nSPS) is 10.2.